The van der Waals surface area contributed by atoms with Crippen molar-refractivity contribution in [1.29, 1.82) is 0 Å². The molecule has 0 saturated carbocycles. The first-order valence-electron chi connectivity index (χ1n) is 9.31. The smallest absolute Gasteiger partial charge is 0.399 e. The lowest BCUT2D eigenvalue weighted by atomic mass is 9.97. The maximum absolute atomic E-state index is 12.9. The molecule has 1 saturated heterocycles. The minimum Gasteiger partial charge on any atom is -0.399 e. The predicted octanol–water partition coefficient (Wildman–Crippen LogP) is 3.39. The highest BCUT2D eigenvalue weighted by Gasteiger charge is 2.29. The SMILES string of the molecule is CN1CCc2cc(C(=O)N3CC[C@@H](NC(=O)Oc4ccc(Cl)s4)C3)ccc2C1. The Morgan fingerprint density at radius 2 is 2.07 bits per heavy atom. The van der Waals surface area contributed by atoms with Crippen molar-refractivity contribution in [3.05, 3.63) is 51.4 Å². The molecule has 1 fully saturated rings. The summed E-state index contributed by atoms with van der Waals surface area (Å²) in [6.45, 7) is 3.04. The zero-order valence-corrected chi connectivity index (χ0v) is 17.2. The topological polar surface area (TPSA) is 61.9 Å². The number of carbonyl (C=O) groups excluding carboxylic acids is 2. The molecule has 1 N–H and O–H groups in total. The van der Waals surface area contributed by atoms with Crippen molar-refractivity contribution in [3.8, 4) is 5.06 Å². The summed E-state index contributed by atoms with van der Waals surface area (Å²) in [7, 11) is 2.11. The van der Waals surface area contributed by atoms with Crippen LogP contribution in [0.2, 0.25) is 4.34 Å². The van der Waals surface area contributed by atoms with Gasteiger partial charge in [-0.05, 0) is 55.3 Å². The van der Waals surface area contributed by atoms with Crippen LogP contribution in [0.25, 0.3) is 0 Å². The highest BCUT2D eigenvalue weighted by molar-refractivity contribution is 7.17. The first kappa shape index (κ1) is 19.2. The van der Waals surface area contributed by atoms with Crippen LogP contribution in [0.15, 0.2) is 30.3 Å². The molecule has 0 spiro atoms. The van der Waals surface area contributed by atoms with Crippen LogP contribution in [0.3, 0.4) is 0 Å². The Hall–Kier alpha value is -2.09. The third kappa shape index (κ3) is 4.32. The Bertz CT molecular complexity index is 901. The maximum atomic E-state index is 12.9. The Morgan fingerprint density at radius 3 is 2.86 bits per heavy atom. The summed E-state index contributed by atoms with van der Waals surface area (Å²) in [6.07, 6.45) is 1.16. The molecule has 0 unspecified atom stereocenters. The van der Waals surface area contributed by atoms with Gasteiger partial charge in [-0.2, -0.15) is 0 Å². The molecule has 148 valence electrons. The van der Waals surface area contributed by atoms with Crippen molar-refractivity contribution in [2.45, 2.75) is 25.4 Å². The first-order chi connectivity index (χ1) is 13.5. The predicted molar refractivity (Wildman–Crippen MR) is 109 cm³/mol. The molecule has 0 radical (unpaired) electrons. The van der Waals surface area contributed by atoms with Gasteiger partial charge >= 0.3 is 6.09 Å². The van der Waals surface area contributed by atoms with E-state index < -0.39 is 6.09 Å². The third-order valence-corrected chi connectivity index (χ3v) is 6.30. The zero-order valence-electron chi connectivity index (χ0n) is 15.6. The normalized spacial score (nSPS) is 19.4. The van der Waals surface area contributed by atoms with Gasteiger partial charge in [0.05, 0.1) is 10.4 Å². The summed E-state index contributed by atoms with van der Waals surface area (Å²) in [5.41, 5.74) is 3.28. The Labute approximate surface area is 173 Å². The highest BCUT2D eigenvalue weighted by Crippen LogP contribution is 2.28. The average molecular weight is 420 g/mol. The van der Waals surface area contributed by atoms with Gasteiger partial charge in [-0.25, -0.2) is 4.79 Å². The van der Waals surface area contributed by atoms with Gasteiger partial charge in [-0.3, -0.25) is 4.79 Å². The minimum atomic E-state index is -0.518. The van der Waals surface area contributed by atoms with E-state index in [1.807, 2.05) is 12.1 Å². The standard InChI is InChI=1S/C20H22ClN3O3S/c1-23-8-6-13-10-14(2-3-15(13)11-23)19(25)24-9-7-16(12-24)22-20(26)27-18-5-4-17(21)28-18/h2-5,10,16H,6-9,11-12H2,1H3,(H,22,26)/t16-/m1/s1. The summed E-state index contributed by atoms with van der Waals surface area (Å²) in [5.74, 6) is 0.0180. The Kier molecular flexibility index (Phi) is 5.57. The zero-order chi connectivity index (χ0) is 19.7. The fraction of sp³-hybridized carbons (Fsp3) is 0.400. The molecule has 28 heavy (non-hydrogen) atoms. The molecule has 3 heterocycles. The summed E-state index contributed by atoms with van der Waals surface area (Å²) in [5, 5.41) is 3.28. The summed E-state index contributed by atoms with van der Waals surface area (Å²) < 4.78 is 5.79. The van der Waals surface area contributed by atoms with Gasteiger partial charge in [0.1, 0.15) is 0 Å². The van der Waals surface area contributed by atoms with E-state index in [0.29, 0.717) is 28.9 Å². The lowest BCUT2D eigenvalue weighted by Gasteiger charge is -2.25. The molecule has 2 aromatic rings. The highest BCUT2D eigenvalue weighted by atomic mass is 35.5. The van der Waals surface area contributed by atoms with E-state index in [-0.39, 0.29) is 11.9 Å². The number of hydrogen-bond donors (Lipinski definition) is 1. The number of halogens is 1. The van der Waals surface area contributed by atoms with E-state index in [0.717, 1.165) is 25.1 Å². The number of ether oxygens (including phenoxy) is 1. The second-order valence-corrected chi connectivity index (χ2v) is 8.98. The number of hydrogen-bond acceptors (Lipinski definition) is 5. The number of carbonyl (C=O) groups is 2. The van der Waals surface area contributed by atoms with Crippen LogP contribution in [-0.4, -0.2) is 54.5 Å². The number of benzene rings is 1. The molecule has 2 aliphatic rings. The molecular formula is C20H22ClN3O3S. The van der Waals surface area contributed by atoms with E-state index >= 15 is 0 Å². The first-order valence-corrected chi connectivity index (χ1v) is 10.5. The molecule has 1 aromatic heterocycles. The van der Waals surface area contributed by atoms with Crippen LogP contribution >= 0.6 is 22.9 Å². The summed E-state index contributed by atoms with van der Waals surface area (Å²) >= 11 is 7.04. The van der Waals surface area contributed by atoms with Gasteiger partial charge in [0, 0.05) is 31.7 Å². The third-order valence-electron chi connectivity index (χ3n) is 5.20. The van der Waals surface area contributed by atoms with Gasteiger partial charge in [-0.1, -0.05) is 29.0 Å². The maximum Gasteiger partial charge on any atom is 0.413 e. The Morgan fingerprint density at radius 1 is 1.21 bits per heavy atom. The van der Waals surface area contributed by atoms with Gasteiger partial charge in [0.15, 0.2) is 5.06 Å². The van der Waals surface area contributed by atoms with E-state index in [1.165, 1.54) is 22.5 Å². The van der Waals surface area contributed by atoms with Crippen molar-refractivity contribution in [2.24, 2.45) is 0 Å². The molecule has 0 aliphatic carbocycles. The van der Waals surface area contributed by atoms with Crippen molar-refractivity contribution >= 4 is 34.9 Å². The quantitative estimate of drug-likeness (QED) is 0.828. The second-order valence-electron chi connectivity index (χ2n) is 7.30. The van der Waals surface area contributed by atoms with Gasteiger partial charge < -0.3 is 19.9 Å². The molecular weight excluding hydrogens is 398 g/mol. The molecule has 0 bridgehead atoms. The number of amides is 2. The molecule has 1 atom stereocenters. The summed E-state index contributed by atoms with van der Waals surface area (Å²) in [6, 6.07) is 9.23. The van der Waals surface area contributed by atoms with Crippen molar-refractivity contribution < 1.29 is 14.3 Å². The molecule has 1 aromatic carbocycles. The van der Waals surface area contributed by atoms with E-state index in [1.54, 1.807) is 17.0 Å². The van der Waals surface area contributed by atoms with Crippen LogP contribution < -0.4 is 10.1 Å². The molecule has 8 heteroatoms. The van der Waals surface area contributed by atoms with Crippen LogP contribution in [0.4, 0.5) is 4.79 Å². The fourth-order valence-corrected chi connectivity index (χ4v) is 4.59. The van der Waals surface area contributed by atoms with Crippen molar-refractivity contribution in [3.63, 3.8) is 0 Å². The summed E-state index contributed by atoms with van der Waals surface area (Å²) in [4.78, 5) is 29.0. The number of fused-ring (bicyclic) bond motifs is 1. The lowest BCUT2D eigenvalue weighted by Crippen LogP contribution is -2.39. The van der Waals surface area contributed by atoms with Gasteiger partial charge in [0.25, 0.3) is 5.91 Å². The molecule has 6 nitrogen and oxygen atoms in total. The monoisotopic (exact) mass is 419 g/mol. The van der Waals surface area contributed by atoms with E-state index in [9.17, 15) is 9.59 Å². The molecule has 4 rings (SSSR count). The largest absolute Gasteiger partial charge is 0.413 e. The number of likely N-dealkylation sites (tertiary alicyclic amines) is 1. The van der Waals surface area contributed by atoms with Crippen LogP contribution in [0, 0.1) is 0 Å². The van der Waals surface area contributed by atoms with Gasteiger partial charge in [0.2, 0.25) is 0 Å². The molecule has 2 amide bonds. The minimum absolute atomic E-state index is 0.0180. The van der Waals surface area contributed by atoms with Crippen LogP contribution in [0.5, 0.6) is 5.06 Å². The molecule has 2 aliphatic heterocycles. The number of likely N-dealkylation sites (N-methyl/N-ethyl adjacent to an activating group) is 1. The van der Waals surface area contributed by atoms with E-state index in [4.69, 9.17) is 16.3 Å². The fourth-order valence-electron chi connectivity index (χ4n) is 3.71. The number of nitrogens with zero attached hydrogens (tertiary/aromatic N) is 2. The second kappa shape index (κ2) is 8.11. The van der Waals surface area contributed by atoms with E-state index in [2.05, 4.69) is 23.3 Å². The van der Waals surface area contributed by atoms with Crippen molar-refractivity contribution in [1.82, 2.24) is 15.1 Å². The number of rotatable bonds is 3. The number of nitrogens with one attached hydrogen (secondary N) is 1. The average Bonchev–Trinajstić information content (AvgIpc) is 3.29. The van der Waals surface area contributed by atoms with Gasteiger partial charge in [-0.15, -0.1) is 0 Å². The lowest BCUT2D eigenvalue weighted by molar-refractivity contribution is 0.0788. The van der Waals surface area contributed by atoms with Crippen LogP contribution in [-0.2, 0) is 13.0 Å². The Balaban J connectivity index is 1.33. The van der Waals surface area contributed by atoms with Crippen LogP contribution in [0.1, 0.15) is 27.9 Å². The van der Waals surface area contributed by atoms with Crippen molar-refractivity contribution in [2.75, 3.05) is 26.7 Å². The number of thiophene rings is 1.